The highest BCUT2D eigenvalue weighted by atomic mass is 16.5. The van der Waals surface area contributed by atoms with Gasteiger partial charge in [0.25, 0.3) is 0 Å². The molecule has 1 fully saturated rings. The normalized spacial score (nSPS) is 14.2. The Bertz CT molecular complexity index is 449. The fourth-order valence-electron chi connectivity index (χ4n) is 2.39. The molecular weight excluding hydrogens is 248 g/mol. The second-order valence-corrected chi connectivity index (χ2v) is 5.14. The fourth-order valence-corrected chi connectivity index (χ4v) is 2.39. The van der Waals surface area contributed by atoms with Gasteiger partial charge >= 0.3 is 0 Å². The van der Waals surface area contributed by atoms with Crippen LogP contribution in [0.1, 0.15) is 25.3 Å². The average molecular weight is 272 g/mol. The summed E-state index contributed by atoms with van der Waals surface area (Å²) in [5.74, 6) is 3.39. The van der Waals surface area contributed by atoms with Crippen LogP contribution in [0.2, 0.25) is 0 Å². The van der Waals surface area contributed by atoms with Gasteiger partial charge in [-0.25, -0.2) is 0 Å². The van der Waals surface area contributed by atoms with Gasteiger partial charge in [0.05, 0.1) is 0 Å². The minimum atomic E-state index is 0.322. The summed E-state index contributed by atoms with van der Waals surface area (Å²) in [5.41, 5.74) is 1.16. The first-order valence-electron chi connectivity index (χ1n) is 7.44. The summed E-state index contributed by atoms with van der Waals surface area (Å²) in [4.78, 5) is 2.55. The van der Waals surface area contributed by atoms with Gasteiger partial charge in [-0.1, -0.05) is 31.0 Å². The van der Waals surface area contributed by atoms with Gasteiger partial charge in [-0.05, 0) is 25.5 Å². The second-order valence-electron chi connectivity index (χ2n) is 5.14. The van der Waals surface area contributed by atoms with E-state index < -0.39 is 0 Å². The molecule has 20 heavy (non-hydrogen) atoms. The van der Waals surface area contributed by atoms with E-state index in [-0.39, 0.29) is 0 Å². The van der Waals surface area contributed by atoms with E-state index in [1.165, 1.54) is 12.8 Å². The Hall–Kier alpha value is -1.50. The van der Waals surface area contributed by atoms with Gasteiger partial charge in [0.15, 0.2) is 0 Å². The maximum atomic E-state index is 5.55. The molecule has 0 bridgehead atoms. The highest BCUT2D eigenvalue weighted by Gasteiger charge is 2.26. The van der Waals surface area contributed by atoms with Crippen molar-refractivity contribution in [3.8, 4) is 18.1 Å². The second kappa shape index (κ2) is 7.94. The Balaban J connectivity index is 1.74. The molecule has 1 aromatic rings. The number of rotatable bonds is 9. The number of nitrogens with one attached hydrogen (secondary N) is 1. The van der Waals surface area contributed by atoms with E-state index in [0.29, 0.717) is 6.61 Å². The molecule has 1 aliphatic carbocycles. The van der Waals surface area contributed by atoms with Crippen LogP contribution in [0.5, 0.6) is 5.75 Å². The lowest BCUT2D eigenvalue weighted by atomic mass is 10.2. The third-order valence-electron chi connectivity index (χ3n) is 3.64. The van der Waals surface area contributed by atoms with Crippen molar-refractivity contribution >= 4 is 0 Å². The van der Waals surface area contributed by atoms with Crippen molar-refractivity contribution in [3.63, 3.8) is 0 Å². The molecule has 0 amide bonds. The van der Waals surface area contributed by atoms with Gasteiger partial charge in [0.2, 0.25) is 0 Å². The van der Waals surface area contributed by atoms with Crippen LogP contribution in [-0.4, -0.2) is 37.2 Å². The SMILES string of the molecule is C#CCOc1ccccc1CNCCN(CC)C1CC1. The van der Waals surface area contributed by atoms with E-state index in [9.17, 15) is 0 Å². The smallest absolute Gasteiger partial charge is 0.148 e. The number of nitrogens with zero attached hydrogens (tertiary/aromatic N) is 1. The van der Waals surface area contributed by atoms with Crippen molar-refractivity contribution in [3.05, 3.63) is 29.8 Å². The van der Waals surface area contributed by atoms with Crippen LogP contribution >= 0.6 is 0 Å². The first-order valence-corrected chi connectivity index (χ1v) is 7.44. The van der Waals surface area contributed by atoms with Crippen molar-refractivity contribution < 1.29 is 4.74 Å². The van der Waals surface area contributed by atoms with Crippen molar-refractivity contribution in [2.45, 2.75) is 32.4 Å². The Kier molecular flexibility index (Phi) is 5.91. The molecule has 0 radical (unpaired) electrons. The largest absolute Gasteiger partial charge is 0.481 e. The van der Waals surface area contributed by atoms with E-state index in [4.69, 9.17) is 11.2 Å². The molecular formula is C17H24N2O. The van der Waals surface area contributed by atoms with Crippen LogP contribution in [0.4, 0.5) is 0 Å². The highest BCUT2D eigenvalue weighted by molar-refractivity contribution is 5.33. The quantitative estimate of drug-likeness (QED) is 0.551. The van der Waals surface area contributed by atoms with Crippen molar-refractivity contribution in [2.75, 3.05) is 26.2 Å². The summed E-state index contributed by atoms with van der Waals surface area (Å²) >= 11 is 0. The molecule has 3 nitrogen and oxygen atoms in total. The molecule has 0 unspecified atom stereocenters. The standard InChI is InChI=1S/C17H24N2O/c1-3-13-20-17-8-6-5-7-15(17)14-18-11-12-19(4-2)16-9-10-16/h1,5-8,16,18H,4,9-14H2,2H3. The summed E-state index contributed by atoms with van der Waals surface area (Å²) in [6.45, 7) is 6.66. The molecule has 108 valence electrons. The van der Waals surface area contributed by atoms with Crippen LogP contribution in [0, 0.1) is 12.3 Å². The minimum absolute atomic E-state index is 0.322. The van der Waals surface area contributed by atoms with Crippen LogP contribution in [0.3, 0.4) is 0 Å². The molecule has 0 spiro atoms. The molecule has 3 heteroatoms. The van der Waals surface area contributed by atoms with Crippen LogP contribution in [0.25, 0.3) is 0 Å². The minimum Gasteiger partial charge on any atom is -0.481 e. The third kappa shape index (κ3) is 4.56. The Morgan fingerprint density at radius 1 is 1.40 bits per heavy atom. The lowest BCUT2D eigenvalue weighted by Gasteiger charge is -2.20. The van der Waals surface area contributed by atoms with E-state index in [0.717, 1.165) is 43.5 Å². The molecule has 1 aliphatic rings. The van der Waals surface area contributed by atoms with Crippen LogP contribution in [0.15, 0.2) is 24.3 Å². The summed E-state index contributed by atoms with van der Waals surface area (Å²) in [7, 11) is 0. The van der Waals surface area contributed by atoms with E-state index in [1.54, 1.807) is 0 Å². The zero-order chi connectivity index (χ0) is 14.2. The van der Waals surface area contributed by atoms with Crippen LogP contribution in [-0.2, 0) is 6.54 Å². The van der Waals surface area contributed by atoms with Crippen molar-refractivity contribution in [2.24, 2.45) is 0 Å². The summed E-state index contributed by atoms with van der Waals surface area (Å²) in [6.07, 6.45) is 7.98. The molecule has 0 heterocycles. The van der Waals surface area contributed by atoms with E-state index in [1.807, 2.05) is 18.2 Å². The predicted molar refractivity (Wildman–Crippen MR) is 82.7 cm³/mol. The van der Waals surface area contributed by atoms with Crippen LogP contribution < -0.4 is 10.1 Å². The number of hydrogen-bond acceptors (Lipinski definition) is 3. The van der Waals surface area contributed by atoms with Gasteiger partial charge in [-0.15, -0.1) is 6.42 Å². The molecule has 0 atom stereocenters. The molecule has 0 saturated heterocycles. The summed E-state index contributed by atoms with van der Waals surface area (Å²) in [6, 6.07) is 8.89. The molecule has 1 aromatic carbocycles. The molecule has 0 aromatic heterocycles. The van der Waals surface area contributed by atoms with E-state index >= 15 is 0 Å². The van der Waals surface area contributed by atoms with Crippen molar-refractivity contribution in [1.82, 2.24) is 10.2 Å². The third-order valence-corrected chi connectivity index (χ3v) is 3.64. The Labute approximate surface area is 122 Å². The summed E-state index contributed by atoms with van der Waals surface area (Å²) in [5, 5.41) is 3.49. The molecule has 2 rings (SSSR count). The Morgan fingerprint density at radius 3 is 2.90 bits per heavy atom. The number of para-hydroxylation sites is 1. The Morgan fingerprint density at radius 2 is 2.20 bits per heavy atom. The van der Waals surface area contributed by atoms with Gasteiger partial charge in [0, 0.05) is 31.2 Å². The first kappa shape index (κ1) is 14.9. The van der Waals surface area contributed by atoms with Gasteiger partial charge < -0.3 is 10.1 Å². The fraction of sp³-hybridized carbons (Fsp3) is 0.529. The monoisotopic (exact) mass is 272 g/mol. The summed E-state index contributed by atoms with van der Waals surface area (Å²) < 4.78 is 5.55. The number of ether oxygens (including phenoxy) is 1. The van der Waals surface area contributed by atoms with E-state index in [2.05, 4.69) is 29.1 Å². The van der Waals surface area contributed by atoms with Gasteiger partial charge in [0.1, 0.15) is 12.4 Å². The zero-order valence-electron chi connectivity index (χ0n) is 12.3. The first-order chi connectivity index (χ1) is 9.85. The number of likely N-dealkylation sites (N-methyl/N-ethyl adjacent to an activating group) is 1. The highest BCUT2D eigenvalue weighted by Crippen LogP contribution is 2.25. The lowest BCUT2D eigenvalue weighted by Crippen LogP contribution is -2.33. The number of hydrogen-bond donors (Lipinski definition) is 1. The maximum absolute atomic E-state index is 5.55. The van der Waals surface area contributed by atoms with Gasteiger partial charge in [-0.2, -0.15) is 0 Å². The number of terminal acetylenes is 1. The average Bonchev–Trinajstić information content (AvgIpc) is 3.31. The van der Waals surface area contributed by atoms with Gasteiger partial charge in [-0.3, -0.25) is 4.90 Å². The number of benzene rings is 1. The predicted octanol–water partition coefficient (Wildman–Crippen LogP) is 2.27. The molecule has 1 N–H and O–H groups in total. The van der Waals surface area contributed by atoms with Crippen molar-refractivity contribution in [1.29, 1.82) is 0 Å². The molecule has 1 saturated carbocycles. The topological polar surface area (TPSA) is 24.5 Å². The molecule has 0 aliphatic heterocycles. The maximum Gasteiger partial charge on any atom is 0.148 e. The zero-order valence-corrected chi connectivity index (χ0v) is 12.3. The lowest BCUT2D eigenvalue weighted by molar-refractivity contribution is 0.276.